The normalized spacial score (nSPS) is 22.4. The third-order valence-corrected chi connectivity index (χ3v) is 3.89. The van der Waals surface area contributed by atoms with E-state index in [0.717, 1.165) is 31.4 Å². The standard InChI is InChI=1S/C16H24N2O2/c19-15-9-5-4-8-14(15)11-17-12-16(20)18-10-13-6-2-1-3-7-13/h1-3,6-7,14-15,17,19H,4-5,8-12H2,(H,18,20). The SMILES string of the molecule is O=C(CNCC1CCCCC1O)NCc1ccccc1. The van der Waals surface area contributed by atoms with E-state index < -0.39 is 0 Å². The maximum atomic E-state index is 11.7. The predicted octanol–water partition coefficient (Wildman–Crippen LogP) is 1.44. The maximum absolute atomic E-state index is 11.7. The number of carbonyl (C=O) groups is 1. The molecule has 3 N–H and O–H groups in total. The monoisotopic (exact) mass is 276 g/mol. The Balaban J connectivity index is 1.60. The molecule has 2 unspecified atom stereocenters. The van der Waals surface area contributed by atoms with Crippen LogP contribution in [0, 0.1) is 5.92 Å². The summed E-state index contributed by atoms with van der Waals surface area (Å²) in [7, 11) is 0. The number of amides is 1. The lowest BCUT2D eigenvalue weighted by Gasteiger charge is -2.27. The van der Waals surface area contributed by atoms with E-state index in [9.17, 15) is 9.90 Å². The molecule has 0 aromatic heterocycles. The Morgan fingerprint density at radius 2 is 1.95 bits per heavy atom. The average molecular weight is 276 g/mol. The molecule has 2 atom stereocenters. The van der Waals surface area contributed by atoms with Crippen LogP contribution in [0.15, 0.2) is 30.3 Å². The summed E-state index contributed by atoms with van der Waals surface area (Å²) < 4.78 is 0. The van der Waals surface area contributed by atoms with Crippen LogP contribution in [0.4, 0.5) is 0 Å². The largest absolute Gasteiger partial charge is 0.393 e. The van der Waals surface area contributed by atoms with Gasteiger partial charge in [0.15, 0.2) is 0 Å². The highest BCUT2D eigenvalue weighted by molar-refractivity contribution is 5.77. The molecule has 20 heavy (non-hydrogen) atoms. The molecule has 110 valence electrons. The molecular weight excluding hydrogens is 252 g/mol. The van der Waals surface area contributed by atoms with Gasteiger partial charge in [-0.2, -0.15) is 0 Å². The van der Waals surface area contributed by atoms with Gasteiger partial charge in [-0.25, -0.2) is 0 Å². The van der Waals surface area contributed by atoms with Gasteiger partial charge in [0.2, 0.25) is 5.91 Å². The molecule has 1 amide bonds. The summed E-state index contributed by atoms with van der Waals surface area (Å²) in [5.41, 5.74) is 1.10. The van der Waals surface area contributed by atoms with E-state index in [0.29, 0.717) is 19.0 Å². The lowest BCUT2D eigenvalue weighted by Crippen LogP contribution is -2.39. The summed E-state index contributed by atoms with van der Waals surface area (Å²) in [5, 5.41) is 15.9. The summed E-state index contributed by atoms with van der Waals surface area (Å²) in [5.74, 6) is 0.296. The van der Waals surface area contributed by atoms with Crippen LogP contribution in [0.1, 0.15) is 31.2 Å². The van der Waals surface area contributed by atoms with Crippen LogP contribution in [0.2, 0.25) is 0 Å². The smallest absolute Gasteiger partial charge is 0.234 e. The highest BCUT2D eigenvalue weighted by Crippen LogP contribution is 2.23. The zero-order valence-corrected chi connectivity index (χ0v) is 11.8. The summed E-state index contributed by atoms with van der Waals surface area (Å²) in [6.45, 7) is 1.60. The lowest BCUT2D eigenvalue weighted by atomic mass is 9.86. The van der Waals surface area contributed by atoms with Gasteiger partial charge in [0, 0.05) is 13.1 Å². The molecule has 0 aliphatic heterocycles. The second-order valence-electron chi connectivity index (χ2n) is 5.51. The van der Waals surface area contributed by atoms with E-state index >= 15 is 0 Å². The Hall–Kier alpha value is -1.39. The molecule has 0 saturated heterocycles. The number of hydrogen-bond donors (Lipinski definition) is 3. The molecule has 4 nitrogen and oxygen atoms in total. The van der Waals surface area contributed by atoms with Gasteiger partial charge in [-0.3, -0.25) is 4.79 Å². The van der Waals surface area contributed by atoms with Crippen LogP contribution < -0.4 is 10.6 Å². The Labute approximate surface area is 120 Å². The van der Waals surface area contributed by atoms with Gasteiger partial charge in [0.1, 0.15) is 0 Å². The molecule has 1 aromatic carbocycles. The van der Waals surface area contributed by atoms with Crippen LogP contribution in [0.5, 0.6) is 0 Å². The Kier molecular flexibility index (Phi) is 6.02. The highest BCUT2D eigenvalue weighted by Gasteiger charge is 2.22. The van der Waals surface area contributed by atoms with Crippen LogP contribution in [-0.2, 0) is 11.3 Å². The molecule has 0 spiro atoms. The summed E-state index contributed by atoms with van der Waals surface area (Å²) in [4.78, 5) is 11.7. The molecule has 1 aromatic rings. The second kappa shape index (κ2) is 8.02. The third kappa shape index (κ3) is 4.94. The van der Waals surface area contributed by atoms with Crippen molar-refractivity contribution in [3.8, 4) is 0 Å². The van der Waals surface area contributed by atoms with Gasteiger partial charge in [-0.1, -0.05) is 43.2 Å². The molecule has 1 fully saturated rings. The van der Waals surface area contributed by atoms with Crippen LogP contribution in [-0.4, -0.2) is 30.2 Å². The van der Waals surface area contributed by atoms with E-state index in [4.69, 9.17) is 0 Å². The molecular formula is C16H24N2O2. The maximum Gasteiger partial charge on any atom is 0.234 e. The Morgan fingerprint density at radius 3 is 2.70 bits per heavy atom. The molecule has 0 bridgehead atoms. The minimum Gasteiger partial charge on any atom is -0.393 e. The van der Waals surface area contributed by atoms with Crippen LogP contribution in [0.3, 0.4) is 0 Å². The first-order valence-corrected chi connectivity index (χ1v) is 7.45. The van der Waals surface area contributed by atoms with Gasteiger partial charge in [-0.15, -0.1) is 0 Å². The Morgan fingerprint density at radius 1 is 1.20 bits per heavy atom. The summed E-state index contributed by atoms with van der Waals surface area (Å²) >= 11 is 0. The highest BCUT2D eigenvalue weighted by atomic mass is 16.3. The van der Waals surface area contributed by atoms with Crippen LogP contribution in [0.25, 0.3) is 0 Å². The van der Waals surface area contributed by atoms with Crippen molar-refractivity contribution < 1.29 is 9.90 Å². The molecule has 1 aliphatic rings. The third-order valence-electron chi connectivity index (χ3n) is 3.89. The van der Waals surface area contributed by atoms with Gasteiger partial charge >= 0.3 is 0 Å². The van der Waals surface area contributed by atoms with Gasteiger partial charge in [0.05, 0.1) is 12.6 Å². The van der Waals surface area contributed by atoms with Crippen molar-refractivity contribution in [1.82, 2.24) is 10.6 Å². The molecule has 0 radical (unpaired) electrons. The van der Waals surface area contributed by atoms with E-state index in [-0.39, 0.29) is 12.0 Å². The lowest BCUT2D eigenvalue weighted by molar-refractivity contribution is -0.120. The van der Waals surface area contributed by atoms with Crippen molar-refractivity contribution in [3.05, 3.63) is 35.9 Å². The van der Waals surface area contributed by atoms with Crippen molar-refractivity contribution in [2.75, 3.05) is 13.1 Å². The number of benzene rings is 1. The average Bonchev–Trinajstić information content (AvgIpc) is 2.48. The van der Waals surface area contributed by atoms with Gasteiger partial charge in [0.25, 0.3) is 0 Å². The number of aliphatic hydroxyl groups excluding tert-OH is 1. The molecule has 2 rings (SSSR count). The van der Waals surface area contributed by atoms with E-state index in [1.807, 2.05) is 30.3 Å². The van der Waals surface area contributed by atoms with Gasteiger partial charge in [-0.05, 0) is 24.3 Å². The fourth-order valence-electron chi connectivity index (χ4n) is 2.66. The minimum atomic E-state index is -0.205. The van der Waals surface area contributed by atoms with Crippen molar-refractivity contribution in [2.24, 2.45) is 5.92 Å². The molecule has 1 saturated carbocycles. The fraction of sp³-hybridized carbons (Fsp3) is 0.562. The quantitative estimate of drug-likeness (QED) is 0.737. The first-order valence-electron chi connectivity index (χ1n) is 7.45. The van der Waals surface area contributed by atoms with Gasteiger partial charge < -0.3 is 15.7 Å². The molecule has 0 heterocycles. The number of rotatable bonds is 6. The first kappa shape index (κ1) is 15.0. The summed E-state index contributed by atoms with van der Waals surface area (Å²) in [6.07, 6.45) is 4.05. The first-order chi connectivity index (χ1) is 9.75. The second-order valence-corrected chi connectivity index (χ2v) is 5.51. The Bertz CT molecular complexity index is 408. The fourth-order valence-corrected chi connectivity index (χ4v) is 2.66. The van der Waals surface area contributed by atoms with E-state index in [1.54, 1.807) is 0 Å². The van der Waals surface area contributed by atoms with Crippen molar-refractivity contribution >= 4 is 5.91 Å². The van der Waals surface area contributed by atoms with Crippen molar-refractivity contribution in [2.45, 2.75) is 38.3 Å². The predicted molar refractivity (Wildman–Crippen MR) is 79.1 cm³/mol. The van der Waals surface area contributed by atoms with Crippen molar-refractivity contribution in [3.63, 3.8) is 0 Å². The number of carbonyl (C=O) groups excluding carboxylic acids is 1. The van der Waals surface area contributed by atoms with Crippen molar-refractivity contribution in [1.29, 1.82) is 0 Å². The van der Waals surface area contributed by atoms with Crippen LogP contribution >= 0.6 is 0 Å². The molecule has 1 aliphatic carbocycles. The number of hydrogen-bond acceptors (Lipinski definition) is 3. The zero-order valence-electron chi connectivity index (χ0n) is 11.8. The number of aliphatic hydroxyl groups is 1. The minimum absolute atomic E-state index is 0.000785. The number of nitrogens with one attached hydrogen (secondary N) is 2. The summed E-state index contributed by atoms with van der Waals surface area (Å²) in [6, 6.07) is 9.87. The molecule has 4 heteroatoms. The zero-order chi connectivity index (χ0) is 14.2. The van der Waals surface area contributed by atoms with E-state index in [2.05, 4.69) is 10.6 Å². The topological polar surface area (TPSA) is 61.4 Å². The van der Waals surface area contributed by atoms with E-state index in [1.165, 1.54) is 6.42 Å².